The molecule has 3 nitrogen and oxygen atoms in total. The van der Waals surface area contributed by atoms with E-state index in [9.17, 15) is 0 Å². The molecule has 0 saturated carbocycles. The van der Waals surface area contributed by atoms with Gasteiger partial charge in [0.15, 0.2) is 6.17 Å². The Morgan fingerprint density at radius 1 is 1.33 bits per heavy atom. The lowest BCUT2D eigenvalue weighted by Crippen LogP contribution is -2.18. The first-order chi connectivity index (χ1) is 7.20. The summed E-state index contributed by atoms with van der Waals surface area (Å²) in [6.07, 6.45) is 0.854. The number of benzene rings is 1. The van der Waals surface area contributed by atoms with Gasteiger partial charge in [0, 0.05) is 13.5 Å². The standard InChI is InChI=1S/C12H16N2O/c1-4-11-13-12(14(3)15-11)10-7-5-9(2)6-8-10/h5-8,12H,4H2,1-3H3/t12-/m0/s1. The Morgan fingerprint density at radius 2 is 2.00 bits per heavy atom. The SMILES string of the molecule is CCC1=N[C@H](c2ccc(C)cc2)N(C)O1. The summed E-state index contributed by atoms with van der Waals surface area (Å²) in [7, 11) is 1.91. The third-order valence-corrected chi connectivity index (χ3v) is 2.54. The zero-order valence-electron chi connectivity index (χ0n) is 9.40. The fraction of sp³-hybridized carbons (Fsp3) is 0.417. The Kier molecular flexibility index (Phi) is 2.73. The zero-order valence-corrected chi connectivity index (χ0v) is 9.40. The second kappa shape index (κ2) is 4.03. The number of aliphatic imine (C=N–C) groups is 1. The van der Waals surface area contributed by atoms with Gasteiger partial charge in [0.25, 0.3) is 0 Å². The average molecular weight is 204 g/mol. The number of hydroxylamine groups is 2. The molecule has 0 N–H and O–H groups in total. The first kappa shape index (κ1) is 10.2. The van der Waals surface area contributed by atoms with Gasteiger partial charge in [-0.1, -0.05) is 36.8 Å². The highest BCUT2D eigenvalue weighted by atomic mass is 16.7. The van der Waals surface area contributed by atoms with E-state index >= 15 is 0 Å². The molecule has 0 aliphatic carbocycles. The highest BCUT2D eigenvalue weighted by Gasteiger charge is 2.25. The Bertz CT molecular complexity index is 370. The molecule has 0 spiro atoms. The molecule has 0 amide bonds. The van der Waals surface area contributed by atoms with Crippen LogP contribution < -0.4 is 0 Å². The molecule has 3 heteroatoms. The van der Waals surface area contributed by atoms with E-state index in [0.29, 0.717) is 0 Å². The van der Waals surface area contributed by atoms with Crippen molar-refractivity contribution in [1.29, 1.82) is 0 Å². The van der Waals surface area contributed by atoms with Gasteiger partial charge in [-0.15, -0.1) is 5.06 Å². The van der Waals surface area contributed by atoms with E-state index in [0.717, 1.165) is 12.3 Å². The Labute approximate surface area is 90.3 Å². The third kappa shape index (κ3) is 2.02. The molecule has 1 aromatic rings. The van der Waals surface area contributed by atoms with E-state index in [1.54, 1.807) is 5.06 Å². The van der Waals surface area contributed by atoms with Crippen molar-refractivity contribution in [2.45, 2.75) is 26.4 Å². The van der Waals surface area contributed by atoms with Crippen molar-refractivity contribution in [2.75, 3.05) is 7.05 Å². The van der Waals surface area contributed by atoms with Crippen LogP contribution in [0.15, 0.2) is 29.3 Å². The molecule has 0 unspecified atom stereocenters. The van der Waals surface area contributed by atoms with Gasteiger partial charge in [-0.3, -0.25) is 0 Å². The minimum Gasteiger partial charge on any atom is -0.388 e. The molecule has 0 saturated heterocycles. The van der Waals surface area contributed by atoms with E-state index < -0.39 is 0 Å². The highest BCUT2D eigenvalue weighted by molar-refractivity contribution is 5.76. The fourth-order valence-corrected chi connectivity index (χ4v) is 1.64. The molecule has 1 heterocycles. The first-order valence-corrected chi connectivity index (χ1v) is 5.24. The van der Waals surface area contributed by atoms with Crippen molar-refractivity contribution < 1.29 is 4.84 Å². The predicted octanol–water partition coefficient (Wildman–Crippen LogP) is 2.68. The summed E-state index contributed by atoms with van der Waals surface area (Å²) < 4.78 is 0. The maximum atomic E-state index is 5.49. The molecule has 2 rings (SSSR count). The van der Waals surface area contributed by atoms with Crippen LogP contribution in [0.2, 0.25) is 0 Å². The number of rotatable bonds is 2. The number of hydrogen-bond acceptors (Lipinski definition) is 3. The van der Waals surface area contributed by atoms with Crippen molar-refractivity contribution in [2.24, 2.45) is 4.99 Å². The molecule has 1 aliphatic rings. The predicted molar refractivity (Wildman–Crippen MR) is 60.5 cm³/mol. The van der Waals surface area contributed by atoms with Crippen LogP contribution in [0, 0.1) is 6.92 Å². The lowest BCUT2D eigenvalue weighted by molar-refractivity contribution is -0.0594. The molecular formula is C12H16N2O. The monoisotopic (exact) mass is 204 g/mol. The van der Waals surface area contributed by atoms with Crippen molar-refractivity contribution in [3.63, 3.8) is 0 Å². The summed E-state index contributed by atoms with van der Waals surface area (Å²) in [4.78, 5) is 10.00. The second-order valence-electron chi connectivity index (χ2n) is 3.80. The summed E-state index contributed by atoms with van der Waals surface area (Å²) in [6, 6.07) is 8.40. The van der Waals surface area contributed by atoms with Gasteiger partial charge in [0.05, 0.1) is 0 Å². The van der Waals surface area contributed by atoms with Gasteiger partial charge in [-0.05, 0) is 12.5 Å². The van der Waals surface area contributed by atoms with Crippen LogP contribution in [-0.4, -0.2) is 18.0 Å². The summed E-state index contributed by atoms with van der Waals surface area (Å²) >= 11 is 0. The van der Waals surface area contributed by atoms with Gasteiger partial charge < -0.3 is 4.84 Å². The molecule has 0 radical (unpaired) electrons. The summed E-state index contributed by atoms with van der Waals surface area (Å²) in [5.74, 6) is 0.808. The minimum absolute atomic E-state index is 0.0144. The van der Waals surface area contributed by atoms with Gasteiger partial charge in [0.1, 0.15) is 0 Å². The molecule has 1 aromatic carbocycles. The molecule has 1 aliphatic heterocycles. The van der Waals surface area contributed by atoms with E-state index in [1.807, 2.05) is 14.0 Å². The fourth-order valence-electron chi connectivity index (χ4n) is 1.64. The first-order valence-electron chi connectivity index (χ1n) is 5.24. The smallest absolute Gasteiger partial charge is 0.211 e. The Balaban J connectivity index is 2.24. The van der Waals surface area contributed by atoms with Crippen molar-refractivity contribution in [3.8, 4) is 0 Å². The second-order valence-corrected chi connectivity index (χ2v) is 3.80. The topological polar surface area (TPSA) is 24.8 Å². The minimum atomic E-state index is 0.0144. The zero-order chi connectivity index (χ0) is 10.8. The number of aryl methyl sites for hydroxylation is 1. The van der Waals surface area contributed by atoms with Crippen LogP contribution in [0.4, 0.5) is 0 Å². The number of hydrogen-bond donors (Lipinski definition) is 0. The van der Waals surface area contributed by atoms with Gasteiger partial charge in [0.2, 0.25) is 5.90 Å². The molecule has 15 heavy (non-hydrogen) atoms. The van der Waals surface area contributed by atoms with Crippen LogP contribution >= 0.6 is 0 Å². The van der Waals surface area contributed by atoms with Gasteiger partial charge in [-0.25, -0.2) is 4.99 Å². The Morgan fingerprint density at radius 3 is 2.53 bits per heavy atom. The lowest BCUT2D eigenvalue weighted by Gasteiger charge is -2.16. The molecule has 1 atom stereocenters. The van der Waals surface area contributed by atoms with E-state index in [2.05, 4.69) is 36.2 Å². The summed E-state index contributed by atoms with van der Waals surface area (Å²) in [5.41, 5.74) is 2.44. The van der Waals surface area contributed by atoms with E-state index in [4.69, 9.17) is 4.84 Å². The van der Waals surface area contributed by atoms with Crippen molar-refractivity contribution in [3.05, 3.63) is 35.4 Å². The third-order valence-electron chi connectivity index (χ3n) is 2.54. The lowest BCUT2D eigenvalue weighted by atomic mass is 10.1. The van der Waals surface area contributed by atoms with Crippen molar-refractivity contribution in [1.82, 2.24) is 5.06 Å². The quantitative estimate of drug-likeness (QED) is 0.740. The van der Waals surface area contributed by atoms with Crippen LogP contribution in [0.1, 0.15) is 30.6 Å². The molecule has 0 fully saturated rings. The Hall–Kier alpha value is -1.35. The maximum Gasteiger partial charge on any atom is 0.211 e. The van der Waals surface area contributed by atoms with Crippen LogP contribution in [0.25, 0.3) is 0 Å². The number of nitrogens with zero attached hydrogens (tertiary/aromatic N) is 2. The molecule has 80 valence electrons. The molecule has 0 aromatic heterocycles. The van der Waals surface area contributed by atoms with E-state index in [1.165, 1.54) is 11.1 Å². The van der Waals surface area contributed by atoms with E-state index in [-0.39, 0.29) is 6.17 Å². The van der Waals surface area contributed by atoms with Crippen molar-refractivity contribution >= 4 is 5.90 Å². The summed E-state index contributed by atoms with van der Waals surface area (Å²) in [6.45, 7) is 4.13. The average Bonchev–Trinajstić information content (AvgIpc) is 2.61. The largest absolute Gasteiger partial charge is 0.388 e. The highest BCUT2D eigenvalue weighted by Crippen LogP contribution is 2.27. The molecular weight excluding hydrogens is 188 g/mol. The van der Waals surface area contributed by atoms with Crippen LogP contribution in [0.5, 0.6) is 0 Å². The normalized spacial score (nSPS) is 21.3. The summed E-state index contributed by atoms with van der Waals surface area (Å²) in [5, 5.41) is 1.80. The van der Waals surface area contributed by atoms with Crippen LogP contribution in [0.3, 0.4) is 0 Å². The molecule has 0 bridgehead atoms. The van der Waals surface area contributed by atoms with Gasteiger partial charge in [-0.2, -0.15) is 0 Å². The van der Waals surface area contributed by atoms with Gasteiger partial charge >= 0.3 is 0 Å². The van der Waals surface area contributed by atoms with Crippen LogP contribution in [-0.2, 0) is 4.84 Å². The maximum absolute atomic E-state index is 5.49.